The predicted molar refractivity (Wildman–Crippen MR) is 106 cm³/mol. The summed E-state index contributed by atoms with van der Waals surface area (Å²) < 4.78 is 5.70. The van der Waals surface area contributed by atoms with E-state index in [0.717, 1.165) is 31.3 Å². The van der Waals surface area contributed by atoms with Crippen LogP contribution in [0.25, 0.3) is 0 Å². The molecule has 3 rings (SSSR count). The summed E-state index contributed by atoms with van der Waals surface area (Å²) in [6.07, 6.45) is 5.47. The summed E-state index contributed by atoms with van der Waals surface area (Å²) >= 11 is 6.07. The van der Waals surface area contributed by atoms with Crippen molar-refractivity contribution >= 4 is 41.5 Å². The van der Waals surface area contributed by atoms with Crippen LogP contribution in [0.5, 0.6) is 5.75 Å². The molecule has 1 heterocycles. The quantitative estimate of drug-likeness (QED) is 0.329. The second-order valence-electron chi connectivity index (χ2n) is 6.28. The molecule has 2 aliphatic rings. The highest BCUT2D eigenvalue weighted by Gasteiger charge is 2.43. The third-order valence-electron chi connectivity index (χ3n) is 4.84. The van der Waals surface area contributed by atoms with Crippen LogP contribution in [-0.2, 0) is 0 Å². The third-order valence-corrected chi connectivity index (χ3v) is 5.16. The minimum atomic E-state index is 0. The molecule has 1 saturated carbocycles. The van der Waals surface area contributed by atoms with E-state index in [0.29, 0.717) is 17.0 Å². The van der Waals surface area contributed by atoms with Gasteiger partial charge in [0.1, 0.15) is 12.4 Å². The standard InChI is InChI=1S/C17H24ClN3O.HI/c1-19-16(21-11-9-17(13-21)7-4-8-17)20-10-12-22-15-6-3-2-5-14(15)18;/h2-3,5-6H,4,7-13H2,1H3,(H,19,20);1H. The molecule has 0 unspecified atom stereocenters. The number of guanidine groups is 1. The lowest BCUT2D eigenvalue weighted by Crippen LogP contribution is -2.43. The summed E-state index contributed by atoms with van der Waals surface area (Å²) in [6, 6.07) is 7.55. The van der Waals surface area contributed by atoms with Crippen LogP contribution >= 0.6 is 35.6 Å². The first-order valence-corrected chi connectivity index (χ1v) is 8.43. The molecule has 4 nitrogen and oxygen atoms in total. The normalized spacial score (nSPS) is 19.2. The van der Waals surface area contributed by atoms with Crippen molar-refractivity contribution in [3.63, 3.8) is 0 Å². The zero-order valence-electron chi connectivity index (χ0n) is 13.6. The van der Waals surface area contributed by atoms with Crippen molar-refractivity contribution in [3.05, 3.63) is 29.3 Å². The van der Waals surface area contributed by atoms with Crippen LogP contribution < -0.4 is 10.1 Å². The fourth-order valence-corrected chi connectivity index (χ4v) is 3.61. The smallest absolute Gasteiger partial charge is 0.193 e. The number of nitrogens with zero attached hydrogens (tertiary/aromatic N) is 2. The van der Waals surface area contributed by atoms with Gasteiger partial charge in [-0.3, -0.25) is 4.99 Å². The molecule has 1 aromatic rings. The highest BCUT2D eigenvalue weighted by atomic mass is 127. The molecule has 128 valence electrons. The summed E-state index contributed by atoms with van der Waals surface area (Å²) in [4.78, 5) is 6.79. The van der Waals surface area contributed by atoms with Gasteiger partial charge in [-0.2, -0.15) is 0 Å². The zero-order chi connectivity index (χ0) is 15.4. The Morgan fingerprint density at radius 3 is 2.74 bits per heavy atom. The molecule has 1 aromatic carbocycles. The number of ether oxygens (including phenoxy) is 1. The lowest BCUT2D eigenvalue weighted by molar-refractivity contribution is 0.151. The Hall–Kier alpha value is -0.690. The minimum Gasteiger partial charge on any atom is -0.490 e. The second-order valence-corrected chi connectivity index (χ2v) is 6.69. The third kappa shape index (κ3) is 4.44. The molecule has 0 radical (unpaired) electrons. The van der Waals surface area contributed by atoms with Crippen LogP contribution in [0.2, 0.25) is 5.02 Å². The summed E-state index contributed by atoms with van der Waals surface area (Å²) in [5.74, 6) is 1.72. The highest BCUT2D eigenvalue weighted by Crippen LogP contribution is 2.47. The number of rotatable bonds is 4. The van der Waals surface area contributed by atoms with Crippen molar-refractivity contribution < 1.29 is 4.74 Å². The maximum absolute atomic E-state index is 6.07. The van der Waals surface area contributed by atoms with Crippen LogP contribution in [0.4, 0.5) is 0 Å². The largest absolute Gasteiger partial charge is 0.490 e. The molecule has 1 spiro atoms. The molecular formula is C17H25ClIN3O. The lowest BCUT2D eigenvalue weighted by atomic mass is 9.68. The Kier molecular flexibility index (Phi) is 6.83. The first-order chi connectivity index (χ1) is 10.7. The minimum absolute atomic E-state index is 0. The van der Waals surface area contributed by atoms with Crippen molar-refractivity contribution in [2.45, 2.75) is 25.7 Å². The summed E-state index contributed by atoms with van der Waals surface area (Å²) in [6.45, 7) is 3.56. The molecule has 1 N–H and O–H groups in total. The first-order valence-electron chi connectivity index (χ1n) is 8.05. The number of nitrogens with one attached hydrogen (secondary N) is 1. The Labute approximate surface area is 160 Å². The number of benzene rings is 1. The average molecular weight is 450 g/mol. The summed E-state index contributed by atoms with van der Waals surface area (Å²) in [5, 5.41) is 4.05. The Morgan fingerprint density at radius 2 is 2.13 bits per heavy atom. The molecule has 0 aromatic heterocycles. The Balaban J connectivity index is 0.00000192. The monoisotopic (exact) mass is 449 g/mol. The van der Waals surface area contributed by atoms with E-state index in [-0.39, 0.29) is 24.0 Å². The SMILES string of the molecule is CN=C(NCCOc1ccccc1Cl)N1CCC2(CCC2)C1.I. The predicted octanol–water partition coefficient (Wildman–Crippen LogP) is 3.79. The molecule has 6 heteroatoms. The van der Waals surface area contributed by atoms with Crippen molar-refractivity contribution in [1.29, 1.82) is 0 Å². The van der Waals surface area contributed by atoms with E-state index >= 15 is 0 Å². The molecule has 2 fully saturated rings. The van der Waals surface area contributed by atoms with Gasteiger partial charge in [-0.25, -0.2) is 0 Å². The molecular weight excluding hydrogens is 425 g/mol. The van der Waals surface area contributed by atoms with E-state index < -0.39 is 0 Å². The van der Waals surface area contributed by atoms with Gasteiger partial charge in [-0.05, 0) is 36.8 Å². The van der Waals surface area contributed by atoms with Crippen LogP contribution in [0.3, 0.4) is 0 Å². The zero-order valence-corrected chi connectivity index (χ0v) is 16.6. The number of hydrogen-bond acceptors (Lipinski definition) is 2. The Bertz CT molecular complexity index is 548. The van der Waals surface area contributed by atoms with E-state index in [1.807, 2.05) is 31.3 Å². The van der Waals surface area contributed by atoms with Crippen molar-refractivity contribution in [2.24, 2.45) is 10.4 Å². The maximum Gasteiger partial charge on any atom is 0.193 e. The van der Waals surface area contributed by atoms with Gasteiger partial charge in [0.25, 0.3) is 0 Å². The van der Waals surface area contributed by atoms with E-state index in [9.17, 15) is 0 Å². The van der Waals surface area contributed by atoms with Crippen LogP contribution in [0, 0.1) is 5.41 Å². The van der Waals surface area contributed by atoms with Gasteiger partial charge in [0.05, 0.1) is 11.6 Å². The van der Waals surface area contributed by atoms with Gasteiger partial charge in [0, 0.05) is 20.1 Å². The number of aliphatic imine (C=N–C) groups is 1. The fraction of sp³-hybridized carbons (Fsp3) is 0.588. The van der Waals surface area contributed by atoms with E-state index in [2.05, 4.69) is 15.2 Å². The number of likely N-dealkylation sites (tertiary alicyclic amines) is 1. The number of halogens is 2. The molecule has 1 aliphatic heterocycles. The van der Waals surface area contributed by atoms with Crippen molar-refractivity contribution in [3.8, 4) is 5.75 Å². The molecule has 23 heavy (non-hydrogen) atoms. The van der Waals surface area contributed by atoms with Crippen molar-refractivity contribution in [1.82, 2.24) is 10.2 Å². The lowest BCUT2D eigenvalue weighted by Gasteiger charge is -2.38. The topological polar surface area (TPSA) is 36.9 Å². The maximum atomic E-state index is 6.07. The van der Waals surface area contributed by atoms with Gasteiger partial charge in [0.2, 0.25) is 0 Å². The van der Waals surface area contributed by atoms with Crippen LogP contribution in [0.1, 0.15) is 25.7 Å². The fourth-order valence-electron chi connectivity index (χ4n) is 3.42. The Morgan fingerprint density at radius 1 is 1.35 bits per heavy atom. The molecule has 0 bridgehead atoms. The van der Waals surface area contributed by atoms with Gasteiger partial charge in [-0.1, -0.05) is 30.2 Å². The van der Waals surface area contributed by atoms with E-state index in [1.165, 1.54) is 25.7 Å². The average Bonchev–Trinajstić information content (AvgIpc) is 2.95. The van der Waals surface area contributed by atoms with E-state index in [1.54, 1.807) is 0 Å². The molecule has 1 saturated heterocycles. The highest BCUT2D eigenvalue weighted by molar-refractivity contribution is 14.0. The van der Waals surface area contributed by atoms with Gasteiger partial charge in [-0.15, -0.1) is 24.0 Å². The molecule has 1 aliphatic carbocycles. The van der Waals surface area contributed by atoms with Gasteiger partial charge >= 0.3 is 0 Å². The van der Waals surface area contributed by atoms with Gasteiger partial charge in [0.15, 0.2) is 5.96 Å². The van der Waals surface area contributed by atoms with Crippen molar-refractivity contribution in [2.75, 3.05) is 33.3 Å². The first kappa shape index (κ1) is 18.6. The van der Waals surface area contributed by atoms with E-state index in [4.69, 9.17) is 16.3 Å². The number of hydrogen-bond donors (Lipinski definition) is 1. The van der Waals surface area contributed by atoms with Crippen LogP contribution in [-0.4, -0.2) is 44.1 Å². The second kappa shape index (κ2) is 8.42. The molecule has 0 atom stereocenters. The summed E-state index contributed by atoms with van der Waals surface area (Å²) in [7, 11) is 1.85. The number of para-hydroxylation sites is 1. The molecule has 0 amide bonds. The van der Waals surface area contributed by atoms with Crippen LogP contribution in [0.15, 0.2) is 29.3 Å². The summed E-state index contributed by atoms with van der Waals surface area (Å²) in [5.41, 5.74) is 0.589. The van der Waals surface area contributed by atoms with Gasteiger partial charge < -0.3 is 15.0 Å².